The maximum Gasteiger partial charge on any atom is 0.297 e. The van der Waals surface area contributed by atoms with Gasteiger partial charge < -0.3 is 29.4 Å². The molecule has 1 amide bonds. The van der Waals surface area contributed by atoms with Crippen molar-refractivity contribution in [3.63, 3.8) is 0 Å². The Morgan fingerprint density at radius 2 is 1.13 bits per heavy atom. The van der Waals surface area contributed by atoms with Crippen molar-refractivity contribution >= 4 is 5.91 Å². The third kappa shape index (κ3) is 19.4. The molecule has 1 aliphatic rings. The van der Waals surface area contributed by atoms with Crippen LogP contribution in [0.4, 0.5) is 0 Å². The molecule has 0 saturated carbocycles. The highest BCUT2D eigenvalue weighted by Crippen LogP contribution is 2.34. The summed E-state index contributed by atoms with van der Waals surface area (Å²) in [5.74, 6) is 59.6. The standard InChI is InChI=1S/C53H39NO6/c1-5-7-8-9-10-11-12-13-14-15-16-17-18-19-20-21-22-23-24-25-26-27-34-39-51(56)54-48(49(55)6-2)42-59-53-52(58-41-47-37-32-29-33-38-47)45(4)44(3)50(60-53)43-57-40-46-35-30-28-31-36-46/h6,28-33,35-38,44-45,48-50,52-53,55H,2,40-43H2,1,3-4H3,(H,54,56)/t44-,45+,48+,49-,50?,52?,53+/m1/s1. The third-order valence-corrected chi connectivity index (χ3v) is 8.21. The Morgan fingerprint density at radius 1 is 0.683 bits per heavy atom. The summed E-state index contributed by atoms with van der Waals surface area (Å²) in [4.78, 5) is 12.7. The van der Waals surface area contributed by atoms with E-state index in [4.69, 9.17) is 18.9 Å². The molecular formula is C53H39NO6. The SMILES string of the molecule is C=C[C@@H](O)[C@H](CO[C@H]1OC(COCc2ccccc2)[C@H](C)[C@H](C)C1OCc1ccccc1)NC(=O)C#CC#CC#CC#CC#CC#CC#CC#CC#CC#CC#CC#CC. The first-order valence-corrected chi connectivity index (χ1v) is 18.5. The van der Waals surface area contributed by atoms with Crippen molar-refractivity contribution in [1.82, 2.24) is 5.32 Å². The van der Waals surface area contributed by atoms with Crippen molar-refractivity contribution in [1.29, 1.82) is 0 Å². The Balaban J connectivity index is 1.55. The number of ether oxygens (including phenoxy) is 4. The van der Waals surface area contributed by atoms with E-state index >= 15 is 0 Å². The van der Waals surface area contributed by atoms with Crippen LogP contribution in [0.5, 0.6) is 0 Å². The number of hydrogen-bond donors (Lipinski definition) is 2. The van der Waals surface area contributed by atoms with Crippen LogP contribution in [0.2, 0.25) is 0 Å². The van der Waals surface area contributed by atoms with Crippen molar-refractivity contribution in [2.45, 2.75) is 64.6 Å². The maximum absolute atomic E-state index is 12.7. The lowest BCUT2D eigenvalue weighted by Gasteiger charge is -2.44. The monoisotopic (exact) mass is 785 g/mol. The molecule has 0 aromatic heterocycles. The van der Waals surface area contributed by atoms with E-state index in [1.807, 2.05) is 60.7 Å². The van der Waals surface area contributed by atoms with Crippen LogP contribution < -0.4 is 5.32 Å². The fraction of sp³-hybridized carbons (Fsp3) is 0.264. The van der Waals surface area contributed by atoms with Gasteiger partial charge in [-0.2, -0.15) is 0 Å². The summed E-state index contributed by atoms with van der Waals surface area (Å²) in [5, 5.41) is 13.4. The van der Waals surface area contributed by atoms with Gasteiger partial charge in [0.2, 0.25) is 0 Å². The van der Waals surface area contributed by atoms with Gasteiger partial charge >= 0.3 is 0 Å². The van der Waals surface area contributed by atoms with E-state index in [1.54, 1.807) is 6.92 Å². The van der Waals surface area contributed by atoms with Crippen LogP contribution in [0, 0.1) is 154 Å². The molecule has 0 aliphatic carbocycles. The van der Waals surface area contributed by atoms with Gasteiger partial charge in [0, 0.05) is 41.4 Å². The third-order valence-electron chi connectivity index (χ3n) is 8.21. The number of aliphatic hydroxyl groups excluding tert-OH is 1. The van der Waals surface area contributed by atoms with Crippen LogP contribution in [0.25, 0.3) is 0 Å². The molecule has 0 spiro atoms. The van der Waals surface area contributed by atoms with E-state index in [2.05, 4.69) is 168 Å². The molecule has 1 aliphatic heterocycles. The lowest BCUT2D eigenvalue weighted by molar-refractivity contribution is -0.291. The normalized spacial score (nSPS) is 17.0. The van der Waals surface area contributed by atoms with E-state index in [-0.39, 0.29) is 24.5 Å². The predicted octanol–water partition coefficient (Wildman–Crippen LogP) is 3.89. The highest BCUT2D eigenvalue weighted by molar-refractivity contribution is 5.94. The largest absolute Gasteiger partial charge is 0.387 e. The molecule has 2 aromatic rings. The summed E-state index contributed by atoms with van der Waals surface area (Å²) in [5.41, 5.74) is 2.06. The highest BCUT2D eigenvalue weighted by Gasteiger charge is 2.43. The molecule has 1 heterocycles. The molecular weight excluding hydrogens is 747 g/mol. The Morgan fingerprint density at radius 3 is 1.60 bits per heavy atom. The molecule has 1 saturated heterocycles. The molecule has 292 valence electrons. The summed E-state index contributed by atoms with van der Waals surface area (Å²) < 4.78 is 25.2. The average molecular weight is 786 g/mol. The second kappa shape index (κ2) is 29.4. The number of nitrogens with one attached hydrogen (secondary N) is 1. The van der Waals surface area contributed by atoms with Gasteiger partial charge in [-0.3, -0.25) is 4.79 Å². The van der Waals surface area contributed by atoms with Crippen LogP contribution in [0.1, 0.15) is 31.9 Å². The maximum atomic E-state index is 12.7. The molecule has 7 atom stereocenters. The minimum Gasteiger partial charge on any atom is -0.387 e. The molecule has 7 nitrogen and oxygen atoms in total. The molecule has 2 N–H and O–H groups in total. The summed E-state index contributed by atoms with van der Waals surface area (Å²) in [6, 6.07) is 18.8. The smallest absolute Gasteiger partial charge is 0.297 e. The zero-order chi connectivity index (χ0) is 42.9. The summed E-state index contributed by atoms with van der Waals surface area (Å²) in [6.45, 7) is 10.6. The first-order chi connectivity index (χ1) is 29.4. The Labute approximate surface area is 355 Å². The zero-order valence-corrected chi connectivity index (χ0v) is 33.4. The van der Waals surface area contributed by atoms with Gasteiger partial charge in [0.25, 0.3) is 5.91 Å². The second-order valence-corrected chi connectivity index (χ2v) is 12.3. The van der Waals surface area contributed by atoms with E-state index in [9.17, 15) is 9.90 Å². The van der Waals surface area contributed by atoms with Crippen molar-refractivity contribution < 1.29 is 28.8 Å². The average Bonchev–Trinajstić information content (AvgIpc) is 3.27. The number of carbonyl (C=O) groups excluding carboxylic acids is 1. The number of aliphatic hydroxyl groups is 1. The second-order valence-electron chi connectivity index (χ2n) is 12.3. The summed E-state index contributed by atoms with van der Waals surface area (Å²) in [7, 11) is 0. The fourth-order valence-electron chi connectivity index (χ4n) is 5.02. The van der Waals surface area contributed by atoms with Crippen molar-refractivity contribution in [2.75, 3.05) is 13.2 Å². The van der Waals surface area contributed by atoms with Crippen LogP contribution >= 0.6 is 0 Å². The van der Waals surface area contributed by atoms with Crippen LogP contribution in [-0.4, -0.2) is 54.9 Å². The number of rotatable bonds is 13. The van der Waals surface area contributed by atoms with Gasteiger partial charge in [-0.25, -0.2) is 0 Å². The lowest BCUT2D eigenvalue weighted by atomic mass is 9.83. The van der Waals surface area contributed by atoms with E-state index in [0.717, 1.165) is 11.1 Å². The van der Waals surface area contributed by atoms with Crippen molar-refractivity contribution in [2.24, 2.45) is 11.8 Å². The quantitative estimate of drug-likeness (QED) is 0.237. The Bertz CT molecular complexity index is 2580. The topological polar surface area (TPSA) is 86.2 Å². The fourth-order valence-corrected chi connectivity index (χ4v) is 5.02. The molecule has 0 bridgehead atoms. The highest BCUT2D eigenvalue weighted by atomic mass is 16.7. The van der Waals surface area contributed by atoms with Gasteiger partial charge in [0.15, 0.2) is 6.29 Å². The zero-order valence-electron chi connectivity index (χ0n) is 33.4. The number of hydrogen-bond acceptors (Lipinski definition) is 6. The minimum atomic E-state index is -1.15. The number of carbonyl (C=O) groups is 1. The summed E-state index contributed by atoms with van der Waals surface area (Å²) in [6.07, 6.45) is -1.42. The molecule has 7 heteroatoms. The van der Waals surface area contributed by atoms with Gasteiger partial charge in [-0.05, 0) is 125 Å². The first kappa shape index (κ1) is 46.6. The molecule has 0 radical (unpaired) electrons. The van der Waals surface area contributed by atoms with E-state index in [0.29, 0.717) is 19.8 Å². The van der Waals surface area contributed by atoms with Gasteiger partial charge in [-0.1, -0.05) is 86.5 Å². The molecule has 3 rings (SSSR count). The molecule has 1 fully saturated rings. The number of amides is 1. The van der Waals surface area contributed by atoms with E-state index in [1.165, 1.54) is 6.08 Å². The molecule has 60 heavy (non-hydrogen) atoms. The van der Waals surface area contributed by atoms with Crippen LogP contribution in [0.15, 0.2) is 73.3 Å². The summed E-state index contributed by atoms with van der Waals surface area (Å²) >= 11 is 0. The predicted molar refractivity (Wildman–Crippen MR) is 231 cm³/mol. The van der Waals surface area contributed by atoms with E-state index < -0.39 is 30.4 Å². The first-order valence-electron chi connectivity index (χ1n) is 18.5. The molecule has 2 aromatic carbocycles. The lowest BCUT2D eigenvalue weighted by Crippen LogP contribution is -2.54. The Hall–Kier alpha value is -7.83. The Kier molecular flexibility index (Phi) is 22.8. The van der Waals surface area contributed by atoms with Crippen molar-refractivity contribution in [3.8, 4) is 142 Å². The van der Waals surface area contributed by atoms with Gasteiger partial charge in [-0.15, -0.1) is 6.58 Å². The van der Waals surface area contributed by atoms with Gasteiger partial charge in [0.1, 0.15) is 6.10 Å². The number of benzene rings is 2. The van der Waals surface area contributed by atoms with Crippen LogP contribution in [0.3, 0.4) is 0 Å². The van der Waals surface area contributed by atoms with Gasteiger partial charge in [0.05, 0.1) is 44.7 Å². The van der Waals surface area contributed by atoms with Crippen molar-refractivity contribution in [3.05, 3.63) is 84.4 Å². The minimum absolute atomic E-state index is 0.0188. The molecule has 2 unspecified atom stereocenters. The van der Waals surface area contributed by atoms with Crippen LogP contribution in [-0.2, 0) is 37.0 Å².